The first kappa shape index (κ1) is 24.2. The van der Waals surface area contributed by atoms with Crippen molar-refractivity contribution in [3.63, 3.8) is 0 Å². The molecule has 3 aromatic heterocycles. The van der Waals surface area contributed by atoms with Crippen LogP contribution in [0.1, 0.15) is 40.3 Å². The Kier molecular flexibility index (Phi) is 7.02. The van der Waals surface area contributed by atoms with Crippen molar-refractivity contribution in [3.8, 4) is 0 Å². The number of benzene rings is 1. The molecule has 4 rings (SSSR count). The van der Waals surface area contributed by atoms with Gasteiger partial charge in [-0.15, -0.1) is 0 Å². The van der Waals surface area contributed by atoms with Crippen LogP contribution in [0.15, 0.2) is 75.0 Å². The molecule has 0 aliphatic carbocycles. The lowest BCUT2D eigenvalue weighted by atomic mass is 10.2. The van der Waals surface area contributed by atoms with Crippen molar-refractivity contribution in [1.29, 1.82) is 0 Å². The van der Waals surface area contributed by atoms with E-state index in [0.717, 1.165) is 11.3 Å². The van der Waals surface area contributed by atoms with Gasteiger partial charge < -0.3 is 19.1 Å². The van der Waals surface area contributed by atoms with Gasteiger partial charge in [0.2, 0.25) is 15.0 Å². The van der Waals surface area contributed by atoms with Crippen LogP contribution in [0.5, 0.6) is 0 Å². The minimum Gasteiger partial charge on any atom is -0.467 e. The second-order valence-corrected chi connectivity index (χ2v) is 10.2. The lowest BCUT2D eigenvalue weighted by Gasteiger charge is -2.24. The molecule has 0 aliphatic rings. The number of hydrogen-bond acceptors (Lipinski definition) is 8. The summed E-state index contributed by atoms with van der Waals surface area (Å²) in [5.41, 5.74) is 1.81. The molecule has 4 aromatic rings. The van der Waals surface area contributed by atoms with E-state index in [4.69, 9.17) is 8.83 Å². The number of hydrogen-bond donors (Lipinski definition) is 1. The summed E-state index contributed by atoms with van der Waals surface area (Å²) in [6.45, 7) is 5.81. The third kappa shape index (κ3) is 5.78. The average Bonchev–Trinajstić information content (AvgIpc) is 3.50. The summed E-state index contributed by atoms with van der Waals surface area (Å²) in [5, 5.41) is 2.42. The van der Waals surface area contributed by atoms with E-state index in [9.17, 15) is 13.2 Å². The summed E-state index contributed by atoms with van der Waals surface area (Å²) in [6, 6.07) is 14.6. The van der Waals surface area contributed by atoms with Gasteiger partial charge in [-0.3, -0.25) is 4.79 Å². The Morgan fingerprint density at radius 2 is 1.86 bits per heavy atom. The maximum atomic E-state index is 13.4. The van der Waals surface area contributed by atoms with Crippen molar-refractivity contribution in [2.45, 2.75) is 39.0 Å². The molecule has 35 heavy (non-hydrogen) atoms. The molecule has 0 saturated carbocycles. The summed E-state index contributed by atoms with van der Waals surface area (Å²) in [4.78, 5) is 23.5. The first-order valence-electron chi connectivity index (χ1n) is 11.1. The van der Waals surface area contributed by atoms with Gasteiger partial charge in [-0.25, -0.2) is 18.4 Å². The molecule has 9 nitrogen and oxygen atoms in total. The van der Waals surface area contributed by atoms with E-state index < -0.39 is 20.9 Å². The molecule has 0 radical (unpaired) electrons. The molecule has 10 heteroatoms. The Morgan fingerprint density at radius 3 is 2.51 bits per heavy atom. The molecule has 0 saturated heterocycles. The van der Waals surface area contributed by atoms with Gasteiger partial charge in [-0.1, -0.05) is 19.1 Å². The SMILES string of the molecule is CCS(=O)(=O)c1ncc(N(Cc2ccco2)Cc2ccc(C)o2)c(C(=O)Nc2cccc(C)c2)n1. The van der Waals surface area contributed by atoms with Crippen LogP contribution in [0.25, 0.3) is 0 Å². The third-order valence-corrected chi connectivity index (χ3v) is 6.82. The van der Waals surface area contributed by atoms with Crippen molar-refractivity contribution in [2.24, 2.45) is 0 Å². The zero-order valence-electron chi connectivity index (χ0n) is 19.7. The van der Waals surface area contributed by atoms with Crippen molar-refractivity contribution in [3.05, 3.63) is 89.5 Å². The fourth-order valence-electron chi connectivity index (χ4n) is 3.52. The number of sulfone groups is 1. The van der Waals surface area contributed by atoms with Crippen LogP contribution in [0.2, 0.25) is 0 Å². The number of furan rings is 2. The molecular formula is C25H26N4O5S. The van der Waals surface area contributed by atoms with Gasteiger partial charge in [0.15, 0.2) is 5.69 Å². The highest BCUT2D eigenvalue weighted by molar-refractivity contribution is 7.91. The largest absolute Gasteiger partial charge is 0.467 e. The second kappa shape index (κ2) is 10.1. The highest BCUT2D eigenvalue weighted by Crippen LogP contribution is 2.26. The normalized spacial score (nSPS) is 11.4. The van der Waals surface area contributed by atoms with E-state index in [1.807, 2.05) is 55.1 Å². The van der Waals surface area contributed by atoms with Gasteiger partial charge in [0.05, 0.1) is 37.0 Å². The van der Waals surface area contributed by atoms with Gasteiger partial charge in [-0.2, -0.15) is 0 Å². The van der Waals surface area contributed by atoms with Gasteiger partial charge in [-0.05, 0) is 55.8 Å². The predicted octanol–water partition coefficient (Wildman–Crippen LogP) is 4.53. The van der Waals surface area contributed by atoms with Crippen molar-refractivity contribution in [1.82, 2.24) is 9.97 Å². The Hall–Kier alpha value is -3.92. The van der Waals surface area contributed by atoms with Crippen LogP contribution in [-0.2, 0) is 22.9 Å². The Balaban J connectivity index is 1.79. The van der Waals surface area contributed by atoms with Crippen LogP contribution < -0.4 is 10.2 Å². The van der Waals surface area contributed by atoms with E-state index in [-0.39, 0.29) is 24.5 Å². The molecule has 3 heterocycles. The molecule has 0 fully saturated rings. The van der Waals surface area contributed by atoms with Crippen LogP contribution in [0.3, 0.4) is 0 Å². The highest BCUT2D eigenvalue weighted by Gasteiger charge is 2.26. The van der Waals surface area contributed by atoms with E-state index in [0.29, 0.717) is 22.9 Å². The van der Waals surface area contributed by atoms with Crippen molar-refractivity contribution < 1.29 is 22.0 Å². The lowest BCUT2D eigenvalue weighted by Crippen LogP contribution is -2.27. The molecule has 0 aliphatic heterocycles. The van der Waals surface area contributed by atoms with Crippen LogP contribution in [0, 0.1) is 13.8 Å². The quantitative estimate of drug-likeness (QED) is 0.337. The van der Waals surface area contributed by atoms with Crippen molar-refractivity contribution >= 4 is 27.1 Å². The van der Waals surface area contributed by atoms with E-state index in [1.165, 1.54) is 13.1 Å². The molecule has 0 bridgehead atoms. The summed E-state index contributed by atoms with van der Waals surface area (Å²) in [7, 11) is -3.74. The van der Waals surface area contributed by atoms with Gasteiger partial charge in [0.25, 0.3) is 5.91 Å². The Morgan fingerprint density at radius 1 is 1.06 bits per heavy atom. The van der Waals surface area contributed by atoms with Crippen LogP contribution in [-0.4, -0.2) is 30.0 Å². The summed E-state index contributed by atoms with van der Waals surface area (Å²) >= 11 is 0. The second-order valence-electron chi connectivity index (χ2n) is 8.06. The number of carbonyl (C=O) groups is 1. The maximum Gasteiger partial charge on any atom is 0.276 e. The van der Waals surface area contributed by atoms with Gasteiger partial charge >= 0.3 is 0 Å². The van der Waals surface area contributed by atoms with Gasteiger partial charge in [0.1, 0.15) is 17.3 Å². The predicted molar refractivity (Wildman–Crippen MR) is 131 cm³/mol. The maximum absolute atomic E-state index is 13.4. The Bertz CT molecular complexity index is 1430. The van der Waals surface area contributed by atoms with E-state index >= 15 is 0 Å². The number of nitrogens with zero attached hydrogens (tertiary/aromatic N) is 3. The minimum absolute atomic E-state index is 0.0663. The summed E-state index contributed by atoms with van der Waals surface area (Å²) in [5.74, 6) is 1.30. The summed E-state index contributed by atoms with van der Waals surface area (Å²) in [6.07, 6.45) is 2.92. The number of rotatable bonds is 9. The third-order valence-electron chi connectivity index (χ3n) is 5.31. The smallest absolute Gasteiger partial charge is 0.276 e. The number of aryl methyl sites for hydroxylation is 2. The fourth-order valence-corrected chi connectivity index (χ4v) is 4.23. The molecule has 0 spiro atoms. The lowest BCUT2D eigenvalue weighted by molar-refractivity contribution is 0.102. The topological polar surface area (TPSA) is 119 Å². The number of amides is 1. The molecule has 0 atom stereocenters. The monoisotopic (exact) mass is 494 g/mol. The molecular weight excluding hydrogens is 468 g/mol. The number of aromatic nitrogens is 2. The van der Waals surface area contributed by atoms with E-state index in [1.54, 1.807) is 18.4 Å². The molecule has 1 aromatic carbocycles. The average molecular weight is 495 g/mol. The minimum atomic E-state index is -3.74. The fraction of sp³-hybridized carbons (Fsp3) is 0.240. The van der Waals surface area contributed by atoms with E-state index in [2.05, 4.69) is 15.3 Å². The Labute approximate surface area is 203 Å². The summed E-state index contributed by atoms with van der Waals surface area (Å²) < 4.78 is 36.3. The number of carbonyl (C=O) groups excluding carboxylic acids is 1. The number of anilines is 2. The highest BCUT2D eigenvalue weighted by atomic mass is 32.2. The van der Waals surface area contributed by atoms with Crippen LogP contribution in [0.4, 0.5) is 11.4 Å². The molecule has 1 amide bonds. The molecule has 0 unspecified atom stereocenters. The zero-order chi connectivity index (χ0) is 25.0. The first-order chi connectivity index (χ1) is 16.7. The van der Waals surface area contributed by atoms with Crippen molar-refractivity contribution in [2.75, 3.05) is 16.0 Å². The molecule has 1 N–H and O–H groups in total. The van der Waals surface area contributed by atoms with Crippen LogP contribution >= 0.6 is 0 Å². The number of nitrogens with one attached hydrogen (secondary N) is 1. The standard InChI is InChI=1S/C25H26N4O5S/c1-4-35(31,32)25-26-14-22(23(28-25)24(30)27-19-8-5-7-17(2)13-19)29(15-20-9-6-12-33-20)16-21-11-10-18(3)34-21/h5-14H,4,15-16H2,1-3H3,(H,27,30). The molecule has 182 valence electrons. The first-order valence-corrected chi connectivity index (χ1v) is 12.7. The zero-order valence-corrected chi connectivity index (χ0v) is 20.5. The van der Waals surface area contributed by atoms with Gasteiger partial charge in [0, 0.05) is 5.69 Å².